The van der Waals surface area contributed by atoms with E-state index in [1.54, 1.807) is 20.5 Å². The van der Waals surface area contributed by atoms with Crippen LogP contribution in [0.3, 0.4) is 0 Å². The summed E-state index contributed by atoms with van der Waals surface area (Å²) in [6.07, 6.45) is 2.70. The number of hydrogen-bond acceptors (Lipinski definition) is 4. The summed E-state index contributed by atoms with van der Waals surface area (Å²) in [6, 6.07) is 13.4. The molecule has 0 aliphatic heterocycles. The van der Waals surface area contributed by atoms with Crippen LogP contribution < -0.4 is 14.8 Å². The normalized spacial score (nSPS) is 10.6. The molecule has 0 aliphatic carbocycles. The largest absolute Gasteiger partial charge is 0.497 e. The average molecular weight is 339 g/mol. The Labute approximate surface area is 146 Å². The zero-order valence-corrected chi connectivity index (χ0v) is 14.4. The predicted octanol–water partition coefficient (Wildman–Crippen LogP) is 3.35. The van der Waals surface area contributed by atoms with Gasteiger partial charge in [0.25, 0.3) is 0 Å². The van der Waals surface area contributed by atoms with Gasteiger partial charge in [-0.15, -0.1) is 0 Å². The number of methoxy groups -OCH3 is 2. The Kier molecular flexibility index (Phi) is 5.23. The number of ether oxygens (including phenoxy) is 2. The molecule has 5 nitrogen and oxygen atoms in total. The number of carbonyl (C=O) groups is 1. The van der Waals surface area contributed by atoms with Gasteiger partial charge in [-0.05, 0) is 36.2 Å². The summed E-state index contributed by atoms with van der Waals surface area (Å²) in [5.41, 5.74) is 2.75. The van der Waals surface area contributed by atoms with Gasteiger partial charge in [-0.3, -0.25) is 4.79 Å². The molecule has 3 aromatic rings. The molecular formula is C20H21NO4. The van der Waals surface area contributed by atoms with Gasteiger partial charge in [-0.25, -0.2) is 0 Å². The smallest absolute Gasteiger partial charge is 0.224 e. The van der Waals surface area contributed by atoms with Crippen molar-refractivity contribution in [1.82, 2.24) is 5.32 Å². The fraction of sp³-hybridized carbons (Fsp3) is 0.250. The highest BCUT2D eigenvalue weighted by atomic mass is 16.5. The Bertz CT molecular complexity index is 852. The SMILES string of the molecule is COc1ccc(CCNC(=O)Cc2coc3cc(OC)ccc23)cc1. The highest BCUT2D eigenvalue weighted by Crippen LogP contribution is 2.25. The Hall–Kier alpha value is -2.95. The Morgan fingerprint density at radius 2 is 1.76 bits per heavy atom. The van der Waals surface area contributed by atoms with Crippen molar-refractivity contribution >= 4 is 16.9 Å². The fourth-order valence-electron chi connectivity index (χ4n) is 2.70. The minimum Gasteiger partial charge on any atom is -0.497 e. The quantitative estimate of drug-likeness (QED) is 0.717. The molecule has 1 N–H and O–H groups in total. The lowest BCUT2D eigenvalue weighted by molar-refractivity contribution is -0.120. The van der Waals surface area contributed by atoms with Crippen LogP contribution in [0.2, 0.25) is 0 Å². The van der Waals surface area contributed by atoms with E-state index in [4.69, 9.17) is 13.9 Å². The lowest BCUT2D eigenvalue weighted by Crippen LogP contribution is -2.27. The zero-order valence-electron chi connectivity index (χ0n) is 14.4. The van der Waals surface area contributed by atoms with E-state index < -0.39 is 0 Å². The van der Waals surface area contributed by atoms with Crippen molar-refractivity contribution in [2.45, 2.75) is 12.8 Å². The number of nitrogens with one attached hydrogen (secondary N) is 1. The van der Waals surface area contributed by atoms with Gasteiger partial charge in [-0.1, -0.05) is 12.1 Å². The molecule has 0 radical (unpaired) electrons. The molecule has 2 aromatic carbocycles. The predicted molar refractivity (Wildman–Crippen MR) is 96.2 cm³/mol. The molecule has 5 heteroatoms. The topological polar surface area (TPSA) is 60.7 Å². The third kappa shape index (κ3) is 4.12. The average Bonchev–Trinajstić information content (AvgIpc) is 3.04. The fourth-order valence-corrected chi connectivity index (χ4v) is 2.70. The first-order valence-electron chi connectivity index (χ1n) is 8.13. The van der Waals surface area contributed by atoms with Gasteiger partial charge in [0.05, 0.1) is 26.9 Å². The van der Waals surface area contributed by atoms with E-state index in [9.17, 15) is 4.79 Å². The molecule has 0 unspecified atom stereocenters. The zero-order chi connectivity index (χ0) is 17.6. The molecule has 0 aliphatic rings. The molecule has 0 spiro atoms. The van der Waals surface area contributed by atoms with Crippen molar-refractivity contribution < 1.29 is 18.7 Å². The summed E-state index contributed by atoms with van der Waals surface area (Å²) < 4.78 is 15.8. The lowest BCUT2D eigenvalue weighted by atomic mass is 10.1. The Balaban J connectivity index is 1.53. The molecule has 0 saturated heterocycles. The molecule has 1 aromatic heterocycles. The monoisotopic (exact) mass is 339 g/mol. The first-order valence-corrected chi connectivity index (χ1v) is 8.13. The van der Waals surface area contributed by atoms with Crippen molar-refractivity contribution in [3.05, 3.63) is 59.9 Å². The molecule has 0 bridgehead atoms. The summed E-state index contributed by atoms with van der Waals surface area (Å²) in [6.45, 7) is 0.592. The van der Waals surface area contributed by atoms with Crippen molar-refractivity contribution in [2.75, 3.05) is 20.8 Å². The Morgan fingerprint density at radius 3 is 2.48 bits per heavy atom. The van der Waals surface area contributed by atoms with E-state index in [-0.39, 0.29) is 5.91 Å². The standard InChI is InChI=1S/C20H21NO4/c1-23-16-5-3-14(4-6-16)9-10-21-20(22)11-15-13-25-19-12-17(24-2)7-8-18(15)19/h3-8,12-13H,9-11H2,1-2H3,(H,21,22). The summed E-state index contributed by atoms with van der Waals surface area (Å²) in [5.74, 6) is 1.54. The second-order valence-electron chi connectivity index (χ2n) is 5.75. The van der Waals surface area contributed by atoms with Gasteiger partial charge in [-0.2, -0.15) is 0 Å². The molecule has 1 amide bonds. The maximum Gasteiger partial charge on any atom is 0.224 e. The molecule has 25 heavy (non-hydrogen) atoms. The summed E-state index contributed by atoms with van der Waals surface area (Å²) >= 11 is 0. The van der Waals surface area contributed by atoms with Gasteiger partial charge in [0.1, 0.15) is 17.1 Å². The van der Waals surface area contributed by atoms with E-state index >= 15 is 0 Å². The number of fused-ring (bicyclic) bond motifs is 1. The number of amides is 1. The highest BCUT2D eigenvalue weighted by Gasteiger charge is 2.11. The van der Waals surface area contributed by atoms with Gasteiger partial charge < -0.3 is 19.2 Å². The van der Waals surface area contributed by atoms with Gasteiger partial charge in [0, 0.05) is 23.6 Å². The summed E-state index contributed by atoms with van der Waals surface area (Å²) in [4.78, 5) is 12.2. The number of rotatable bonds is 7. The van der Waals surface area contributed by atoms with E-state index in [0.29, 0.717) is 13.0 Å². The number of hydrogen-bond donors (Lipinski definition) is 1. The van der Waals surface area contributed by atoms with E-state index in [2.05, 4.69) is 5.32 Å². The minimum absolute atomic E-state index is 0.0213. The molecule has 3 rings (SSSR count). The van der Waals surface area contributed by atoms with Gasteiger partial charge in [0.2, 0.25) is 5.91 Å². The lowest BCUT2D eigenvalue weighted by Gasteiger charge is -2.06. The van der Waals surface area contributed by atoms with E-state index in [1.807, 2.05) is 42.5 Å². The van der Waals surface area contributed by atoms with Crippen LogP contribution in [-0.2, 0) is 17.6 Å². The second kappa shape index (κ2) is 7.75. The summed E-state index contributed by atoms with van der Waals surface area (Å²) in [7, 11) is 3.26. The number of furan rings is 1. The van der Waals surface area contributed by atoms with Crippen LogP contribution in [0.4, 0.5) is 0 Å². The van der Waals surface area contributed by atoms with Gasteiger partial charge in [0.15, 0.2) is 0 Å². The number of benzene rings is 2. The first kappa shape index (κ1) is 16.9. The van der Waals surface area contributed by atoms with Crippen LogP contribution in [0.25, 0.3) is 11.0 Å². The van der Waals surface area contributed by atoms with Crippen LogP contribution >= 0.6 is 0 Å². The third-order valence-electron chi connectivity index (χ3n) is 4.11. The summed E-state index contributed by atoms with van der Waals surface area (Å²) in [5, 5.41) is 3.88. The van der Waals surface area contributed by atoms with Crippen LogP contribution in [0.15, 0.2) is 53.1 Å². The maximum atomic E-state index is 12.2. The van der Waals surface area contributed by atoms with Crippen LogP contribution in [0, 0.1) is 0 Å². The van der Waals surface area contributed by atoms with Crippen molar-refractivity contribution in [3.8, 4) is 11.5 Å². The Morgan fingerprint density at radius 1 is 1.04 bits per heavy atom. The highest BCUT2D eigenvalue weighted by molar-refractivity contribution is 5.88. The van der Waals surface area contributed by atoms with Crippen molar-refractivity contribution in [1.29, 1.82) is 0 Å². The molecule has 130 valence electrons. The van der Waals surface area contributed by atoms with Crippen molar-refractivity contribution in [3.63, 3.8) is 0 Å². The molecule has 1 heterocycles. The van der Waals surface area contributed by atoms with E-state index in [1.165, 1.54) is 0 Å². The van der Waals surface area contributed by atoms with E-state index in [0.717, 1.165) is 40.0 Å². The molecule has 0 saturated carbocycles. The minimum atomic E-state index is -0.0213. The maximum absolute atomic E-state index is 12.2. The van der Waals surface area contributed by atoms with Crippen LogP contribution in [0.5, 0.6) is 11.5 Å². The van der Waals surface area contributed by atoms with Gasteiger partial charge >= 0.3 is 0 Å². The number of carbonyl (C=O) groups excluding carboxylic acids is 1. The van der Waals surface area contributed by atoms with Crippen molar-refractivity contribution in [2.24, 2.45) is 0 Å². The molecule has 0 fully saturated rings. The first-order chi connectivity index (χ1) is 12.2. The van der Waals surface area contributed by atoms with Crippen LogP contribution in [-0.4, -0.2) is 26.7 Å². The second-order valence-corrected chi connectivity index (χ2v) is 5.75. The molecular weight excluding hydrogens is 318 g/mol. The third-order valence-corrected chi connectivity index (χ3v) is 4.11. The van der Waals surface area contributed by atoms with Crippen LogP contribution in [0.1, 0.15) is 11.1 Å². The molecule has 0 atom stereocenters.